The standard InChI is InChI=1S/C23H30N2O/c1-18-7-6-16-25(17-18)22-13-11-21(12-14-22)19(2)24-23(26)15-10-20-8-4-3-5-9-20/h3-5,8-9,11-14,18-19H,6-7,10,15-17H2,1-2H3,(H,24,26)/t18-,19+/m0/s1. The van der Waals surface area contributed by atoms with Crippen LogP contribution in [0.25, 0.3) is 0 Å². The summed E-state index contributed by atoms with van der Waals surface area (Å²) in [5, 5.41) is 3.12. The summed E-state index contributed by atoms with van der Waals surface area (Å²) in [5.41, 5.74) is 3.66. The fraction of sp³-hybridized carbons (Fsp3) is 0.435. The molecule has 0 aliphatic carbocycles. The number of carbonyl (C=O) groups is 1. The maximum absolute atomic E-state index is 12.2. The Morgan fingerprint density at radius 2 is 1.88 bits per heavy atom. The fourth-order valence-corrected chi connectivity index (χ4v) is 3.70. The maximum atomic E-state index is 12.2. The number of hydrogen-bond donors (Lipinski definition) is 1. The summed E-state index contributed by atoms with van der Waals surface area (Å²) in [6.45, 7) is 6.67. The number of nitrogens with zero attached hydrogens (tertiary/aromatic N) is 1. The number of nitrogens with one attached hydrogen (secondary N) is 1. The number of piperidine rings is 1. The molecule has 138 valence electrons. The molecule has 0 radical (unpaired) electrons. The van der Waals surface area contributed by atoms with Crippen LogP contribution in [-0.2, 0) is 11.2 Å². The molecule has 1 aliphatic heterocycles. The number of carbonyl (C=O) groups excluding carboxylic acids is 1. The third-order valence-corrected chi connectivity index (χ3v) is 5.28. The lowest BCUT2D eigenvalue weighted by Gasteiger charge is -2.33. The molecule has 2 aromatic rings. The highest BCUT2D eigenvalue weighted by molar-refractivity contribution is 5.76. The van der Waals surface area contributed by atoms with Gasteiger partial charge >= 0.3 is 0 Å². The second-order valence-corrected chi connectivity index (χ2v) is 7.56. The van der Waals surface area contributed by atoms with E-state index in [1.807, 2.05) is 18.2 Å². The van der Waals surface area contributed by atoms with Crippen molar-refractivity contribution in [3.63, 3.8) is 0 Å². The summed E-state index contributed by atoms with van der Waals surface area (Å²) < 4.78 is 0. The van der Waals surface area contributed by atoms with Gasteiger partial charge in [0, 0.05) is 25.2 Å². The van der Waals surface area contributed by atoms with E-state index in [2.05, 4.69) is 60.5 Å². The lowest BCUT2D eigenvalue weighted by molar-refractivity contribution is -0.121. The van der Waals surface area contributed by atoms with Gasteiger partial charge in [-0.25, -0.2) is 0 Å². The number of amides is 1. The highest BCUT2D eigenvalue weighted by Gasteiger charge is 2.17. The Labute approximate surface area is 157 Å². The number of rotatable bonds is 6. The van der Waals surface area contributed by atoms with Crippen molar-refractivity contribution in [2.45, 2.75) is 45.6 Å². The van der Waals surface area contributed by atoms with Crippen LogP contribution in [0.1, 0.15) is 50.3 Å². The largest absolute Gasteiger partial charge is 0.371 e. The van der Waals surface area contributed by atoms with Crippen LogP contribution in [0.5, 0.6) is 0 Å². The Kier molecular flexibility index (Phi) is 6.32. The first-order valence-electron chi connectivity index (χ1n) is 9.80. The molecule has 3 rings (SSSR count). The zero-order valence-electron chi connectivity index (χ0n) is 15.9. The second kappa shape index (κ2) is 8.88. The normalized spacial score (nSPS) is 18.4. The molecule has 2 atom stereocenters. The minimum absolute atomic E-state index is 0.0348. The van der Waals surface area contributed by atoms with Crippen molar-refractivity contribution in [3.8, 4) is 0 Å². The molecular formula is C23H30N2O. The molecule has 0 unspecified atom stereocenters. The molecule has 1 aliphatic rings. The predicted molar refractivity (Wildman–Crippen MR) is 108 cm³/mol. The average Bonchev–Trinajstić information content (AvgIpc) is 2.67. The smallest absolute Gasteiger partial charge is 0.220 e. The van der Waals surface area contributed by atoms with Gasteiger partial charge in [0.2, 0.25) is 5.91 Å². The van der Waals surface area contributed by atoms with E-state index in [4.69, 9.17) is 0 Å². The van der Waals surface area contributed by atoms with E-state index in [1.54, 1.807) is 0 Å². The molecule has 0 saturated carbocycles. The van der Waals surface area contributed by atoms with Gasteiger partial charge in [0.15, 0.2) is 0 Å². The third kappa shape index (κ3) is 5.10. The Balaban J connectivity index is 1.51. The van der Waals surface area contributed by atoms with E-state index >= 15 is 0 Å². The van der Waals surface area contributed by atoms with Crippen LogP contribution >= 0.6 is 0 Å². The van der Waals surface area contributed by atoms with Gasteiger partial charge in [-0.2, -0.15) is 0 Å². The molecule has 0 aromatic heterocycles. The van der Waals surface area contributed by atoms with Crippen molar-refractivity contribution in [3.05, 3.63) is 65.7 Å². The van der Waals surface area contributed by atoms with Crippen molar-refractivity contribution in [1.29, 1.82) is 0 Å². The number of anilines is 1. The molecule has 0 spiro atoms. The van der Waals surface area contributed by atoms with Crippen LogP contribution in [0.15, 0.2) is 54.6 Å². The molecule has 1 amide bonds. The minimum atomic E-state index is 0.0348. The van der Waals surface area contributed by atoms with Crippen LogP contribution in [0, 0.1) is 5.92 Å². The van der Waals surface area contributed by atoms with Gasteiger partial charge in [0.25, 0.3) is 0 Å². The SMILES string of the molecule is C[C@H]1CCCN(c2ccc([C@@H](C)NC(=O)CCc3ccccc3)cc2)C1. The lowest BCUT2D eigenvalue weighted by Crippen LogP contribution is -2.34. The fourth-order valence-electron chi connectivity index (χ4n) is 3.70. The molecular weight excluding hydrogens is 320 g/mol. The summed E-state index contributed by atoms with van der Waals surface area (Å²) >= 11 is 0. The van der Waals surface area contributed by atoms with Crippen LogP contribution < -0.4 is 10.2 Å². The summed E-state index contributed by atoms with van der Waals surface area (Å²) in [6.07, 6.45) is 3.92. The molecule has 2 aromatic carbocycles. The van der Waals surface area contributed by atoms with E-state index in [-0.39, 0.29) is 11.9 Å². The van der Waals surface area contributed by atoms with Gasteiger partial charge < -0.3 is 10.2 Å². The summed E-state index contributed by atoms with van der Waals surface area (Å²) in [4.78, 5) is 14.7. The van der Waals surface area contributed by atoms with Crippen LogP contribution in [0.3, 0.4) is 0 Å². The number of hydrogen-bond acceptors (Lipinski definition) is 2. The van der Waals surface area contributed by atoms with Crippen molar-refractivity contribution in [2.75, 3.05) is 18.0 Å². The zero-order valence-corrected chi connectivity index (χ0v) is 15.9. The van der Waals surface area contributed by atoms with E-state index in [0.29, 0.717) is 6.42 Å². The van der Waals surface area contributed by atoms with Crippen molar-refractivity contribution >= 4 is 11.6 Å². The third-order valence-electron chi connectivity index (χ3n) is 5.28. The van der Waals surface area contributed by atoms with E-state index in [0.717, 1.165) is 31.0 Å². The first-order chi connectivity index (χ1) is 12.6. The van der Waals surface area contributed by atoms with E-state index in [9.17, 15) is 4.79 Å². The molecule has 1 fully saturated rings. The van der Waals surface area contributed by atoms with Gasteiger partial charge in [-0.1, -0.05) is 49.4 Å². The predicted octanol–water partition coefficient (Wildman–Crippen LogP) is 4.73. The quantitative estimate of drug-likeness (QED) is 0.816. The Bertz CT molecular complexity index is 696. The Hall–Kier alpha value is -2.29. The van der Waals surface area contributed by atoms with Gasteiger partial charge in [-0.3, -0.25) is 4.79 Å². The van der Waals surface area contributed by atoms with Gasteiger partial charge in [-0.15, -0.1) is 0 Å². The van der Waals surface area contributed by atoms with E-state index in [1.165, 1.54) is 24.1 Å². The minimum Gasteiger partial charge on any atom is -0.371 e. The zero-order chi connectivity index (χ0) is 18.4. The van der Waals surface area contributed by atoms with Crippen molar-refractivity contribution in [2.24, 2.45) is 5.92 Å². The average molecular weight is 351 g/mol. The first-order valence-corrected chi connectivity index (χ1v) is 9.80. The highest BCUT2D eigenvalue weighted by Crippen LogP contribution is 2.24. The Morgan fingerprint density at radius 1 is 1.15 bits per heavy atom. The van der Waals surface area contributed by atoms with Gasteiger partial charge in [-0.05, 0) is 55.4 Å². The lowest BCUT2D eigenvalue weighted by atomic mass is 9.99. The van der Waals surface area contributed by atoms with Gasteiger partial charge in [0.05, 0.1) is 6.04 Å². The summed E-state index contributed by atoms with van der Waals surface area (Å²) in [6, 6.07) is 18.9. The number of benzene rings is 2. The molecule has 3 heteroatoms. The van der Waals surface area contributed by atoms with Crippen LogP contribution in [0.2, 0.25) is 0 Å². The van der Waals surface area contributed by atoms with Crippen LogP contribution in [0.4, 0.5) is 5.69 Å². The molecule has 1 saturated heterocycles. The van der Waals surface area contributed by atoms with Crippen molar-refractivity contribution < 1.29 is 4.79 Å². The maximum Gasteiger partial charge on any atom is 0.220 e. The second-order valence-electron chi connectivity index (χ2n) is 7.56. The van der Waals surface area contributed by atoms with Crippen molar-refractivity contribution in [1.82, 2.24) is 5.32 Å². The van der Waals surface area contributed by atoms with Crippen LogP contribution in [-0.4, -0.2) is 19.0 Å². The summed E-state index contributed by atoms with van der Waals surface area (Å²) in [7, 11) is 0. The monoisotopic (exact) mass is 350 g/mol. The molecule has 26 heavy (non-hydrogen) atoms. The highest BCUT2D eigenvalue weighted by atomic mass is 16.1. The molecule has 0 bridgehead atoms. The van der Waals surface area contributed by atoms with Gasteiger partial charge in [0.1, 0.15) is 0 Å². The number of aryl methyl sites for hydroxylation is 1. The molecule has 1 N–H and O–H groups in total. The molecule has 1 heterocycles. The summed E-state index contributed by atoms with van der Waals surface area (Å²) in [5.74, 6) is 0.876. The topological polar surface area (TPSA) is 32.3 Å². The Morgan fingerprint density at radius 3 is 2.58 bits per heavy atom. The molecule has 3 nitrogen and oxygen atoms in total. The first kappa shape index (κ1) is 18.5. The van der Waals surface area contributed by atoms with E-state index < -0.39 is 0 Å².